The van der Waals surface area contributed by atoms with Crippen molar-refractivity contribution in [2.75, 3.05) is 25.4 Å². The van der Waals surface area contributed by atoms with E-state index < -0.39 is 0 Å². The van der Waals surface area contributed by atoms with Gasteiger partial charge in [0.15, 0.2) is 5.13 Å². The predicted molar refractivity (Wildman–Crippen MR) is 103 cm³/mol. The molecular weight excluding hydrogens is 330 g/mol. The molecule has 128 valence electrons. The molecule has 3 saturated heterocycles. The van der Waals surface area contributed by atoms with Crippen molar-refractivity contribution in [3.8, 4) is 16.9 Å². The first-order valence-corrected chi connectivity index (χ1v) is 9.72. The van der Waals surface area contributed by atoms with Crippen molar-refractivity contribution in [1.82, 2.24) is 9.88 Å². The normalized spacial score (nSPS) is 25.4. The second-order valence-electron chi connectivity index (χ2n) is 7.05. The number of aromatic nitrogens is 1. The second kappa shape index (κ2) is 6.00. The molecule has 1 aromatic heterocycles. The highest BCUT2D eigenvalue weighted by Gasteiger charge is 2.35. The van der Waals surface area contributed by atoms with Crippen LogP contribution in [-0.2, 0) is 0 Å². The van der Waals surface area contributed by atoms with Crippen LogP contribution >= 0.6 is 11.3 Å². The lowest BCUT2D eigenvalue weighted by Gasteiger charge is -2.44. The summed E-state index contributed by atoms with van der Waals surface area (Å²) < 4.78 is 7.41. The molecule has 3 aromatic rings. The molecule has 3 aliphatic rings. The van der Waals surface area contributed by atoms with Crippen molar-refractivity contribution in [1.29, 1.82) is 0 Å². The smallest absolute Gasteiger partial charge is 0.181 e. The molecular formula is C20H21N3OS. The Morgan fingerprint density at radius 3 is 2.52 bits per heavy atom. The van der Waals surface area contributed by atoms with Crippen LogP contribution in [0.2, 0.25) is 0 Å². The van der Waals surface area contributed by atoms with E-state index in [1.54, 1.807) is 0 Å². The van der Waals surface area contributed by atoms with Gasteiger partial charge in [0.25, 0.3) is 0 Å². The molecule has 2 aromatic carbocycles. The number of thiazole rings is 1. The summed E-state index contributed by atoms with van der Waals surface area (Å²) in [6.07, 6.45) is 2.91. The number of rotatable bonds is 3. The van der Waals surface area contributed by atoms with Crippen LogP contribution in [0.4, 0.5) is 5.13 Å². The van der Waals surface area contributed by atoms with Crippen LogP contribution in [0.3, 0.4) is 0 Å². The first-order chi connectivity index (χ1) is 12.2. The maximum Gasteiger partial charge on any atom is 0.181 e. The first kappa shape index (κ1) is 15.2. The van der Waals surface area contributed by atoms with Crippen molar-refractivity contribution in [3.63, 3.8) is 0 Å². The molecule has 3 aliphatic heterocycles. The van der Waals surface area contributed by atoms with Gasteiger partial charge in [-0.1, -0.05) is 29.5 Å². The average molecular weight is 351 g/mol. The van der Waals surface area contributed by atoms with Gasteiger partial charge in [0.2, 0.25) is 0 Å². The number of hydrogen-bond donors (Lipinski definition) is 1. The van der Waals surface area contributed by atoms with Gasteiger partial charge in [-0.3, -0.25) is 4.90 Å². The van der Waals surface area contributed by atoms with Crippen LogP contribution in [0.25, 0.3) is 21.3 Å². The minimum Gasteiger partial charge on any atom is -0.489 e. The van der Waals surface area contributed by atoms with Crippen LogP contribution in [-0.4, -0.2) is 35.6 Å². The number of nitrogen functional groups attached to an aromatic ring is 1. The molecule has 0 spiro atoms. The third-order valence-corrected chi connectivity index (χ3v) is 6.32. The number of fused-ring (bicyclic) bond motifs is 4. The number of nitrogens with zero attached hydrogens (tertiary/aromatic N) is 2. The van der Waals surface area contributed by atoms with Gasteiger partial charge in [0.05, 0.1) is 10.2 Å². The minimum atomic E-state index is 0.352. The zero-order valence-electron chi connectivity index (χ0n) is 14.0. The lowest BCUT2D eigenvalue weighted by molar-refractivity contribution is -0.00775. The summed E-state index contributed by atoms with van der Waals surface area (Å²) in [6, 6.07) is 14.8. The molecule has 3 fully saturated rings. The standard InChI is InChI=1S/C20H21N3OS/c21-20-22-17-6-3-15(11-19(17)25-20)13-1-4-16(5-2-13)24-18-12-23-9-7-14(18)8-10-23/h1-6,11,14,18H,7-10,12H2,(H2,21,22)/t18-/m0/s1. The fourth-order valence-electron chi connectivity index (χ4n) is 4.07. The minimum absolute atomic E-state index is 0.352. The van der Waals surface area contributed by atoms with E-state index in [-0.39, 0.29) is 0 Å². The third kappa shape index (κ3) is 2.87. The van der Waals surface area contributed by atoms with E-state index in [9.17, 15) is 0 Å². The highest BCUT2D eigenvalue weighted by molar-refractivity contribution is 7.22. The van der Waals surface area contributed by atoms with E-state index in [2.05, 4.69) is 46.3 Å². The molecule has 1 atom stereocenters. The van der Waals surface area contributed by atoms with Crippen LogP contribution in [0.15, 0.2) is 42.5 Å². The molecule has 0 aliphatic carbocycles. The van der Waals surface area contributed by atoms with Crippen LogP contribution in [0.1, 0.15) is 12.8 Å². The number of anilines is 1. The highest BCUT2D eigenvalue weighted by Crippen LogP contribution is 2.33. The van der Waals surface area contributed by atoms with E-state index in [1.165, 1.54) is 48.4 Å². The van der Waals surface area contributed by atoms with Gasteiger partial charge in [0.1, 0.15) is 11.9 Å². The molecule has 5 heteroatoms. The monoisotopic (exact) mass is 351 g/mol. The van der Waals surface area contributed by atoms with Gasteiger partial charge in [-0.25, -0.2) is 4.98 Å². The summed E-state index contributed by atoms with van der Waals surface area (Å²) in [5, 5.41) is 0.619. The lowest BCUT2D eigenvalue weighted by atomic mass is 9.86. The Labute approximate surface area is 151 Å². The summed E-state index contributed by atoms with van der Waals surface area (Å²) in [5.41, 5.74) is 9.14. The van der Waals surface area contributed by atoms with Gasteiger partial charge in [-0.2, -0.15) is 0 Å². The summed E-state index contributed by atoms with van der Waals surface area (Å²) in [7, 11) is 0. The molecule has 0 radical (unpaired) electrons. The molecule has 4 nitrogen and oxygen atoms in total. The Morgan fingerprint density at radius 2 is 1.80 bits per heavy atom. The number of nitrogens with two attached hydrogens (primary N) is 1. The molecule has 0 unspecified atom stereocenters. The molecule has 25 heavy (non-hydrogen) atoms. The van der Waals surface area contributed by atoms with Gasteiger partial charge < -0.3 is 10.5 Å². The number of benzene rings is 2. The topological polar surface area (TPSA) is 51.4 Å². The molecule has 2 bridgehead atoms. The number of ether oxygens (including phenoxy) is 1. The number of piperidine rings is 3. The van der Waals surface area contributed by atoms with Crippen molar-refractivity contribution >= 4 is 26.7 Å². The molecule has 6 rings (SSSR count). The summed E-state index contributed by atoms with van der Waals surface area (Å²) in [4.78, 5) is 6.84. The van der Waals surface area contributed by atoms with Gasteiger partial charge in [-0.05, 0) is 67.2 Å². The third-order valence-electron chi connectivity index (χ3n) is 5.48. The Morgan fingerprint density at radius 1 is 1.04 bits per heavy atom. The largest absolute Gasteiger partial charge is 0.489 e. The Kier molecular flexibility index (Phi) is 3.64. The Balaban J connectivity index is 1.35. The molecule has 2 N–H and O–H groups in total. The van der Waals surface area contributed by atoms with Crippen LogP contribution in [0.5, 0.6) is 5.75 Å². The molecule has 4 heterocycles. The van der Waals surface area contributed by atoms with E-state index >= 15 is 0 Å². The fraction of sp³-hybridized carbons (Fsp3) is 0.350. The van der Waals surface area contributed by atoms with Gasteiger partial charge in [-0.15, -0.1) is 0 Å². The van der Waals surface area contributed by atoms with E-state index in [0.717, 1.165) is 28.4 Å². The highest BCUT2D eigenvalue weighted by atomic mass is 32.1. The maximum atomic E-state index is 6.29. The molecule has 0 amide bonds. The second-order valence-corrected chi connectivity index (χ2v) is 8.12. The maximum absolute atomic E-state index is 6.29. The van der Waals surface area contributed by atoms with Gasteiger partial charge in [0, 0.05) is 6.54 Å². The Bertz CT molecular complexity index is 897. The van der Waals surface area contributed by atoms with Crippen molar-refractivity contribution in [2.45, 2.75) is 18.9 Å². The quantitative estimate of drug-likeness (QED) is 0.774. The van der Waals surface area contributed by atoms with E-state index in [4.69, 9.17) is 10.5 Å². The SMILES string of the molecule is Nc1nc2ccc(-c3ccc(O[C@H]4CN5CCC4CC5)cc3)cc2s1. The van der Waals surface area contributed by atoms with Crippen LogP contribution < -0.4 is 10.5 Å². The summed E-state index contributed by atoms with van der Waals surface area (Å²) in [6.45, 7) is 3.57. The average Bonchev–Trinajstić information content (AvgIpc) is 3.02. The van der Waals surface area contributed by atoms with E-state index in [1.807, 2.05) is 6.07 Å². The van der Waals surface area contributed by atoms with E-state index in [0.29, 0.717) is 11.2 Å². The van der Waals surface area contributed by atoms with Crippen molar-refractivity contribution in [3.05, 3.63) is 42.5 Å². The van der Waals surface area contributed by atoms with Gasteiger partial charge >= 0.3 is 0 Å². The zero-order valence-corrected chi connectivity index (χ0v) is 14.8. The van der Waals surface area contributed by atoms with Crippen LogP contribution in [0, 0.1) is 5.92 Å². The summed E-state index contributed by atoms with van der Waals surface area (Å²) >= 11 is 1.53. The summed E-state index contributed by atoms with van der Waals surface area (Å²) in [5.74, 6) is 1.70. The van der Waals surface area contributed by atoms with Crippen molar-refractivity contribution in [2.24, 2.45) is 5.92 Å². The zero-order chi connectivity index (χ0) is 16.8. The molecule has 0 saturated carbocycles. The lowest BCUT2D eigenvalue weighted by Crippen LogP contribution is -2.52. The fourth-order valence-corrected chi connectivity index (χ4v) is 4.84. The van der Waals surface area contributed by atoms with Crippen molar-refractivity contribution < 1.29 is 4.74 Å². The number of hydrogen-bond acceptors (Lipinski definition) is 5. The predicted octanol–water partition coefficient (Wildman–Crippen LogP) is 4.02. The Hall–Kier alpha value is -2.11. The first-order valence-electron chi connectivity index (χ1n) is 8.90.